The van der Waals surface area contributed by atoms with Gasteiger partial charge in [0.25, 0.3) is 0 Å². The van der Waals surface area contributed by atoms with E-state index in [-0.39, 0.29) is 17.1 Å². The van der Waals surface area contributed by atoms with Gasteiger partial charge in [0.05, 0.1) is 6.08 Å². The predicted molar refractivity (Wildman–Crippen MR) is 61.3 cm³/mol. The lowest BCUT2D eigenvalue weighted by Crippen LogP contribution is -2.22. The van der Waals surface area contributed by atoms with Gasteiger partial charge in [0, 0.05) is 12.4 Å². The van der Waals surface area contributed by atoms with Crippen molar-refractivity contribution in [3.05, 3.63) is 29.9 Å². The van der Waals surface area contributed by atoms with Crippen LogP contribution in [0.3, 0.4) is 0 Å². The minimum absolute atomic E-state index is 0.0670. The average Bonchev–Trinajstić information content (AvgIpc) is 2.54. The molecular weight excluding hydrogens is 236 g/mol. The second kappa shape index (κ2) is 4.21. The molecule has 1 aliphatic rings. The number of rotatable bonds is 1. The zero-order valence-corrected chi connectivity index (χ0v) is 10.3. The Morgan fingerprint density at radius 3 is 2.50 bits per heavy atom. The van der Waals surface area contributed by atoms with E-state index in [1.807, 2.05) is 0 Å². The molecule has 1 aromatic heterocycles. The first-order chi connectivity index (χ1) is 8.37. The Labute approximate surface area is 104 Å². The first-order valence-corrected chi connectivity index (χ1v) is 5.35. The standard InChI is InChI=1S/C12H12N2O4/c1-12(2,3)18-8(15)6-7-9-10(11(16)17-7)14-5-4-13-9/h4-6H,1-3H3/b7-6-. The molecule has 0 saturated carbocycles. The van der Waals surface area contributed by atoms with Crippen LogP contribution in [0.1, 0.15) is 37.0 Å². The van der Waals surface area contributed by atoms with Crippen molar-refractivity contribution in [1.29, 1.82) is 0 Å². The van der Waals surface area contributed by atoms with Gasteiger partial charge in [-0.1, -0.05) is 0 Å². The van der Waals surface area contributed by atoms with Crippen molar-refractivity contribution in [2.45, 2.75) is 26.4 Å². The quantitative estimate of drug-likeness (QED) is 0.551. The summed E-state index contributed by atoms with van der Waals surface area (Å²) in [5.41, 5.74) is -0.247. The van der Waals surface area contributed by atoms with Crippen molar-refractivity contribution in [3.63, 3.8) is 0 Å². The molecule has 1 aromatic rings. The van der Waals surface area contributed by atoms with Crippen molar-refractivity contribution < 1.29 is 19.1 Å². The van der Waals surface area contributed by atoms with Crippen molar-refractivity contribution >= 4 is 17.7 Å². The molecule has 0 unspecified atom stereocenters. The van der Waals surface area contributed by atoms with Gasteiger partial charge in [-0.25, -0.2) is 19.6 Å². The van der Waals surface area contributed by atoms with Gasteiger partial charge in [-0.15, -0.1) is 0 Å². The van der Waals surface area contributed by atoms with E-state index in [1.165, 1.54) is 12.4 Å². The molecule has 94 valence electrons. The highest BCUT2D eigenvalue weighted by atomic mass is 16.6. The number of carbonyl (C=O) groups is 2. The first-order valence-electron chi connectivity index (χ1n) is 5.35. The number of aromatic nitrogens is 2. The maximum atomic E-state index is 11.6. The third-order valence-electron chi connectivity index (χ3n) is 1.98. The molecule has 0 radical (unpaired) electrons. The van der Waals surface area contributed by atoms with Gasteiger partial charge in [-0.2, -0.15) is 0 Å². The van der Waals surface area contributed by atoms with Gasteiger partial charge >= 0.3 is 11.9 Å². The highest BCUT2D eigenvalue weighted by Crippen LogP contribution is 2.25. The second-order valence-electron chi connectivity index (χ2n) is 4.69. The number of nitrogens with zero attached hydrogens (tertiary/aromatic N) is 2. The first kappa shape index (κ1) is 12.2. The summed E-state index contributed by atoms with van der Waals surface area (Å²) < 4.78 is 10.0. The Balaban J connectivity index is 2.27. The zero-order chi connectivity index (χ0) is 13.3. The van der Waals surface area contributed by atoms with Gasteiger partial charge in [-0.3, -0.25) is 0 Å². The van der Waals surface area contributed by atoms with E-state index in [0.29, 0.717) is 0 Å². The van der Waals surface area contributed by atoms with E-state index in [0.717, 1.165) is 6.08 Å². The Hall–Kier alpha value is -2.24. The van der Waals surface area contributed by atoms with Crippen molar-refractivity contribution in [2.75, 3.05) is 0 Å². The molecule has 0 aromatic carbocycles. The van der Waals surface area contributed by atoms with E-state index < -0.39 is 17.5 Å². The zero-order valence-electron chi connectivity index (χ0n) is 10.3. The molecule has 0 spiro atoms. The lowest BCUT2D eigenvalue weighted by atomic mass is 10.2. The molecule has 0 fully saturated rings. The number of cyclic esters (lactones) is 1. The topological polar surface area (TPSA) is 78.4 Å². The van der Waals surface area contributed by atoms with Crippen LogP contribution in [0.2, 0.25) is 0 Å². The highest BCUT2D eigenvalue weighted by molar-refractivity contribution is 6.03. The van der Waals surface area contributed by atoms with Crippen molar-refractivity contribution in [2.24, 2.45) is 0 Å². The predicted octanol–water partition coefficient (Wildman–Crippen LogP) is 1.33. The summed E-state index contributed by atoms with van der Waals surface area (Å²) in [7, 11) is 0. The molecule has 2 rings (SSSR count). The summed E-state index contributed by atoms with van der Waals surface area (Å²) >= 11 is 0. The SMILES string of the molecule is CC(C)(C)OC(=O)/C=C1\OC(=O)c2nccnc21. The van der Waals surface area contributed by atoms with Crippen LogP contribution in [0.5, 0.6) is 0 Å². The maximum absolute atomic E-state index is 11.6. The molecule has 0 saturated heterocycles. The fourth-order valence-corrected chi connectivity index (χ4v) is 1.40. The molecule has 0 atom stereocenters. The summed E-state index contributed by atoms with van der Waals surface area (Å²) in [6.07, 6.45) is 3.91. The number of hydrogen-bond acceptors (Lipinski definition) is 6. The fourth-order valence-electron chi connectivity index (χ4n) is 1.40. The van der Waals surface area contributed by atoms with E-state index in [2.05, 4.69) is 9.97 Å². The molecular formula is C12H12N2O4. The second-order valence-corrected chi connectivity index (χ2v) is 4.69. The number of esters is 2. The Kier molecular flexibility index (Phi) is 2.86. The van der Waals surface area contributed by atoms with E-state index >= 15 is 0 Å². The van der Waals surface area contributed by atoms with Crippen LogP contribution < -0.4 is 0 Å². The number of fused-ring (bicyclic) bond motifs is 1. The minimum atomic E-state index is -0.618. The summed E-state index contributed by atoms with van der Waals surface area (Å²) in [6, 6.07) is 0. The monoisotopic (exact) mass is 248 g/mol. The van der Waals surface area contributed by atoms with Crippen LogP contribution in [-0.2, 0) is 14.3 Å². The molecule has 6 nitrogen and oxygen atoms in total. The molecule has 1 aliphatic heterocycles. The molecule has 6 heteroatoms. The van der Waals surface area contributed by atoms with Gasteiger partial charge in [0.15, 0.2) is 11.5 Å². The van der Waals surface area contributed by atoms with Crippen LogP contribution in [-0.4, -0.2) is 27.5 Å². The van der Waals surface area contributed by atoms with Crippen LogP contribution >= 0.6 is 0 Å². The molecule has 0 amide bonds. The largest absolute Gasteiger partial charge is 0.457 e. The Morgan fingerprint density at radius 2 is 1.89 bits per heavy atom. The lowest BCUT2D eigenvalue weighted by Gasteiger charge is -2.18. The van der Waals surface area contributed by atoms with Crippen LogP contribution in [0.15, 0.2) is 18.5 Å². The normalized spacial score (nSPS) is 16.4. The smallest absolute Gasteiger partial charge is 0.364 e. The minimum Gasteiger partial charge on any atom is -0.457 e. The van der Waals surface area contributed by atoms with Gasteiger partial charge in [-0.05, 0) is 20.8 Å². The van der Waals surface area contributed by atoms with Gasteiger partial charge in [0.2, 0.25) is 0 Å². The fraction of sp³-hybridized carbons (Fsp3) is 0.333. The summed E-state index contributed by atoms with van der Waals surface area (Å²) in [5.74, 6) is -1.14. The Bertz CT molecular complexity index is 543. The van der Waals surface area contributed by atoms with Gasteiger partial charge in [0.1, 0.15) is 11.3 Å². The summed E-state index contributed by atoms with van der Waals surface area (Å²) in [6.45, 7) is 5.24. The van der Waals surface area contributed by atoms with E-state index in [1.54, 1.807) is 20.8 Å². The third kappa shape index (κ3) is 2.53. The summed E-state index contributed by atoms with van der Waals surface area (Å²) in [5, 5.41) is 0. The Morgan fingerprint density at radius 1 is 1.28 bits per heavy atom. The molecule has 18 heavy (non-hydrogen) atoms. The van der Waals surface area contributed by atoms with E-state index in [4.69, 9.17) is 9.47 Å². The van der Waals surface area contributed by atoms with Crippen molar-refractivity contribution in [1.82, 2.24) is 9.97 Å². The number of ether oxygens (including phenoxy) is 2. The van der Waals surface area contributed by atoms with Crippen LogP contribution in [0.4, 0.5) is 0 Å². The van der Waals surface area contributed by atoms with Crippen LogP contribution in [0.25, 0.3) is 5.76 Å². The number of carbonyl (C=O) groups excluding carboxylic acids is 2. The highest BCUT2D eigenvalue weighted by Gasteiger charge is 2.30. The lowest BCUT2D eigenvalue weighted by molar-refractivity contribution is -0.148. The van der Waals surface area contributed by atoms with Crippen molar-refractivity contribution in [3.8, 4) is 0 Å². The van der Waals surface area contributed by atoms with Crippen LogP contribution in [0, 0.1) is 0 Å². The molecule has 0 aliphatic carbocycles. The van der Waals surface area contributed by atoms with E-state index in [9.17, 15) is 9.59 Å². The molecule has 0 bridgehead atoms. The molecule has 2 heterocycles. The maximum Gasteiger partial charge on any atom is 0.364 e. The third-order valence-corrected chi connectivity index (χ3v) is 1.98. The molecule has 0 N–H and O–H groups in total. The average molecular weight is 248 g/mol. The summed E-state index contributed by atoms with van der Waals surface area (Å²) in [4.78, 5) is 30.8. The number of hydrogen-bond donors (Lipinski definition) is 0. The van der Waals surface area contributed by atoms with Gasteiger partial charge < -0.3 is 9.47 Å².